The van der Waals surface area contributed by atoms with E-state index in [9.17, 15) is 9.59 Å². The maximum atomic E-state index is 11.5. The van der Waals surface area contributed by atoms with Crippen LogP contribution in [0.3, 0.4) is 0 Å². The van der Waals surface area contributed by atoms with Crippen molar-refractivity contribution in [1.29, 1.82) is 0 Å². The molecule has 0 aromatic carbocycles. The first-order valence-corrected chi connectivity index (χ1v) is 5.97. The number of hydrogen-bond acceptors (Lipinski definition) is 4. The molecule has 5 heteroatoms. The average Bonchev–Trinajstić information content (AvgIpc) is 2.17. The summed E-state index contributed by atoms with van der Waals surface area (Å²) in [5.41, 5.74) is -0.446. The van der Waals surface area contributed by atoms with Crippen LogP contribution in [0.1, 0.15) is 33.6 Å². The first-order chi connectivity index (χ1) is 7.78. The topological polar surface area (TPSA) is 58.6 Å². The standard InChI is InChI=1S/C12H22N2O3/c1-12(2,3)17-11(16)7-13-9-5-6-10(15)14(4)8-9/h9,13H,5-8H2,1-4H3. The Morgan fingerprint density at radius 2 is 2.18 bits per heavy atom. The van der Waals surface area contributed by atoms with Gasteiger partial charge in [0.1, 0.15) is 5.60 Å². The van der Waals surface area contributed by atoms with Crippen molar-refractivity contribution < 1.29 is 14.3 Å². The number of likely N-dealkylation sites (tertiary alicyclic amines) is 1. The van der Waals surface area contributed by atoms with Crippen molar-refractivity contribution in [2.24, 2.45) is 0 Å². The lowest BCUT2D eigenvalue weighted by atomic mass is 10.1. The number of carbonyl (C=O) groups excluding carboxylic acids is 2. The number of piperidine rings is 1. The van der Waals surface area contributed by atoms with Crippen LogP contribution in [0.15, 0.2) is 0 Å². The quantitative estimate of drug-likeness (QED) is 0.734. The van der Waals surface area contributed by atoms with Crippen LogP contribution in [0.4, 0.5) is 0 Å². The average molecular weight is 242 g/mol. The predicted molar refractivity (Wildman–Crippen MR) is 64.5 cm³/mol. The molecule has 0 aliphatic carbocycles. The Balaban J connectivity index is 2.27. The molecule has 1 amide bonds. The molecule has 1 saturated heterocycles. The fourth-order valence-electron chi connectivity index (χ4n) is 1.78. The highest BCUT2D eigenvalue weighted by Gasteiger charge is 2.23. The largest absolute Gasteiger partial charge is 0.459 e. The number of esters is 1. The van der Waals surface area contributed by atoms with Gasteiger partial charge in [-0.15, -0.1) is 0 Å². The molecular weight excluding hydrogens is 220 g/mol. The Hall–Kier alpha value is -1.10. The number of ether oxygens (including phenoxy) is 1. The van der Waals surface area contributed by atoms with Crippen molar-refractivity contribution in [2.75, 3.05) is 20.1 Å². The van der Waals surface area contributed by atoms with E-state index in [0.29, 0.717) is 13.0 Å². The van der Waals surface area contributed by atoms with Crippen LogP contribution in [-0.4, -0.2) is 48.6 Å². The number of carbonyl (C=O) groups is 2. The molecule has 5 nitrogen and oxygen atoms in total. The molecule has 0 aromatic heterocycles. The minimum atomic E-state index is -0.446. The van der Waals surface area contributed by atoms with E-state index in [1.165, 1.54) is 0 Å². The highest BCUT2D eigenvalue weighted by atomic mass is 16.6. The number of rotatable bonds is 3. The third-order valence-electron chi connectivity index (χ3n) is 2.58. The fraction of sp³-hybridized carbons (Fsp3) is 0.833. The van der Waals surface area contributed by atoms with Crippen molar-refractivity contribution in [3.05, 3.63) is 0 Å². The molecule has 1 heterocycles. The van der Waals surface area contributed by atoms with Gasteiger partial charge in [-0.1, -0.05) is 0 Å². The van der Waals surface area contributed by atoms with Gasteiger partial charge in [-0.3, -0.25) is 9.59 Å². The van der Waals surface area contributed by atoms with Crippen LogP contribution in [0.5, 0.6) is 0 Å². The highest BCUT2D eigenvalue weighted by Crippen LogP contribution is 2.10. The number of nitrogens with zero attached hydrogens (tertiary/aromatic N) is 1. The summed E-state index contributed by atoms with van der Waals surface area (Å²) in [6.07, 6.45) is 1.33. The summed E-state index contributed by atoms with van der Waals surface area (Å²) in [6, 6.07) is 0.185. The monoisotopic (exact) mass is 242 g/mol. The van der Waals surface area contributed by atoms with Gasteiger partial charge in [-0.05, 0) is 27.2 Å². The van der Waals surface area contributed by atoms with Crippen LogP contribution in [0.2, 0.25) is 0 Å². The maximum absolute atomic E-state index is 11.5. The molecule has 0 aromatic rings. The molecule has 1 rings (SSSR count). The Bertz CT molecular complexity index is 297. The van der Waals surface area contributed by atoms with E-state index >= 15 is 0 Å². The van der Waals surface area contributed by atoms with Gasteiger partial charge in [0.2, 0.25) is 5.91 Å². The summed E-state index contributed by atoms with van der Waals surface area (Å²) >= 11 is 0. The number of hydrogen-bond donors (Lipinski definition) is 1. The van der Waals surface area contributed by atoms with E-state index < -0.39 is 5.60 Å². The van der Waals surface area contributed by atoms with Gasteiger partial charge in [0.15, 0.2) is 0 Å². The minimum Gasteiger partial charge on any atom is -0.459 e. The molecule has 1 atom stereocenters. The van der Waals surface area contributed by atoms with Gasteiger partial charge in [-0.25, -0.2) is 0 Å². The third kappa shape index (κ3) is 5.17. The Labute approximate surface area is 102 Å². The summed E-state index contributed by atoms with van der Waals surface area (Å²) in [4.78, 5) is 24.4. The van der Waals surface area contributed by atoms with Gasteiger partial charge < -0.3 is 15.0 Å². The Kier molecular flexibility index (Phi) is 4.51. The van der Waals surface area contributed by atoms with Crippen molar-refractivity contribution in [2.45, 2.75) is 45.3 Å². The second-order valence-electron chi connectivity index (χ2n) is 5.48. The minimum absolute atomic E-state index is 0.167. The summed E-state index contributed by atoms with van der Waals surface area (Å²) < 4.78 is 5.19. The van der Waals surface area contributed by atoms with Crippen molar-refractivity contribution in [3.8, 4) is 0 Å². The zero-order valence-corrected chi connectivity index (χ0v) is 11.1. The van der Waals surface area contributed by atoms with Crippen molar-refractivity contribution in [3.63, 3.8) is 0 Å². The smallest absolute Gasteiger partial charge is 0.320 e. The van der Waals surface area contributed by atoms with Crippen molar-refractivity contribution >= 4 is 11.9 Å². The van der Waals surface area contributed by atoms with Gasteiger partial charge >= 0.3 is 5.97 Å². The number of nitrogens with one attached hydrogen (secondary N) is 1. The maximum Gasteiger partial charge on any atom is 0.320 e. The first-order valence-electron chi connectivity index (χ1n) is 5.97. The third-order valence-corrected chi connectivity index (χ3v) is 2.58. The van der Waals surface area contributed by atoms with Gasteiger partial charge in [0.25, 0.3) is 0 Å². The lowest BCUT2D eigenvalue weighted by molar-refractivity contribution is -0.153. The molecule has 0 radical (unpaired) electrons. The summed E-state index contributed by atoms with van der Waals surface area (Å²) in [5.74, 6) is -0.0858. The molecule has 1 aliphatic rings. The second kappa shape index (κ2) is 5.49. The van der Waals surface area contributed by atoms with E-state index in [4.69, 9.17) is 4.74 Å². The fourth-order valence-corrected chi connectivity index (χ4v) is 1.78. The summed E-state index contributed by atoms with van der Waals surface area (Å²) in [5, 5.41) is 3.13. The molecule has 98 valence electrons. The number of likely N-dealkylation sites (N-methyl/N-ethyl adjacent to an activating group) is 1. The van der Waals surface area contributed by atoms with E-state index in [2.05, 4.69) is 5.32 Å². The zero-order valence-electron chi connectivity index (χ0n) is 11.1. The molecule has 17 heavy (non-hydrogen) atoms. The van der Waals surface area contributed by atoms with Crippen LogP contribution < -0.4 is 5.32 Å². The van der Waals surface area contributed by atoms with Crippen LogP contribution in [0.25, 0.3) is 0 Å². The molecule has 1 N–H and O–H groups in total. The van der Waals surface area contributed by atoms with Crippen LogP contribution in [0, 0.1) is 0 Å². The predicted octanol–water partition coefficient (Wildman–Crippen LogP) is 0.538. The van der Waals surface area contributed by atoms with E-state index in [-0.39, 0.29) is 24.5 Å². The molecule has 1 fully saturated rings. The molecule has 0 bridgehead atoms. The summed E-state index contributed by atoms with van der Waals surface area (Å²) in [7, 11) is 1.78. The van der Waals surface area contributed by atoms with Gasteiger partial charge in [-0.2, -0.15) is 0 Å². The van der Waals surface area contributed by atoms with E-state index in [1.807, 2.05) is 20.8 Å². The Morgan fingerprint density at radius 3 is 2.71 bits per heavy atom. The lowest BCUT2D eigenvalue weighted by Gasteiger charge is -2.30. The zero-order chi connectivity index (χ0) is 13.1. The van der Waals surface area contributed by atoms with Crippen LogP contribution in [-0.2, 0) is 14.3 Å². The molecule has 0 spiro atoms. The second-order valence-corrected chi connectivity index (χ2v) is 5.48. The van der Waals surface area contributed by atoms with Crippen molar-refractivity contribution in [1.82, 2.24) is 10.2 Å². The normalized spacial score (nSPS) is 21.5. The van der Waals surface area contributed by atoms with E-state index in [0.717, 1.165) is 6.42 Å². The van der Waals surface area contributed by atoms with E-state index in [1.54, 1.807) is 11.9 Å². The molecule has 1 unspecified atom stereocenters. The Morgan fingerprint density at radius 1 is 1.53 bits per heavy atom. The lowest BCUT2D eigenvalue weighted by Crippen LogP contribution is -2.48. The molecule has 1 aliphatic heterocycles. The van der Waals surface area contributed by atoms with Gasteiger partial charge in [0.05, 0.1) is 6.54 Å². The van der Waals surface area contributed by atoms with Crippen LogP contribution >= 0.6 is 0 Å². The first kappa shape index (κ1) is 14.0. The molecule has 0 saturated carbocycles. The van der Waals surface area contributed by atoms with Gasteiger partial charge in [0, 0.05) is 26.1 Å². The highest BCUT2D eigenvalue weighted by molar-refractivity contribution is 5.77. The number of amides is 1. The summed E-state index contributed by atoms with van der Waals surface area (Å²) in [6.45, 7) is 6.39. The molecular formula is C12H22N2O3. The SMILES string of the molecule is CN1CC(NCC(=O)OC(C)(C)C)CCC1=O.